The minimum atomic E-state index is -1.33. The second-order valence-corrected chi connectivity index (χ2v) is 13.3. The summed E-state index contributed by atoms with van der Waals surface area (Å²) in [4.78, 5) is 57.8. The number of anilines is 2. The Morgan fingerprint density at radius 3 is 2.32 bits per heavy atom. The molecular weight excluding hydrogens is 529 g/mol. The van der Waals surface area contributed by atoms with Crippen LogP contribution in [0.1, 0.15) is 64.9 Å². The van der Waals surface area contributed by atoms with Crippen LogP contribution in [-0.4, -0.2) is 96.7 Å². The highest BCUT2D eigenvalue weighted by Gasteiger charge is 2.61. The predicted octanol–water partition coefficient (Wildman–Crippen LogP) is 2.73. The molecule has 0 radical (unpaired) electrons. The molecular formula is C30H40FN5O5. The van der Waals surface area contributed by atoms with Crippen LogP contribution < -0.4 is 15.1 Å². The lowest BCUT2D eigenvalue weighted by Gasteiger charge is -2.42. The number of nitrogens with zero attached hydrogens (tertiary/aromatic N) is 4. The van der Waals surface area contributed by atoms with Crippen LogP contribution in [0.15, 0.2) is 18.2 Å². The number of nitrogens with one attached hydrogen (secondary N) is 1. The van der Waals surface area contributed by atoms with Gasteiger partial charge in [-0.15, -0.1) is 0 Å². The second kappa shape index (κ2) is 9.96. The summed E-state index contributed by atoms with van der Waals surface area (Å²) in [6.07, 6.45) is 2.33. The maximum absolute atomic E-state index is 15.8. The zero-order valence-electron chi connectivity index (χ0n) is 24.2. The molecule has 222 valence electrons. The van der Waals surface area contributed by atoms with Crippen molar-refractivity contribution >= 4 is 35.2 Å². The van der Waals surface area contributed by atoms with Crippen LogP contribution in [0.2, 0.25) is 0 Å². The Bertz CT molecular complexity index is 1260. The summed E-state index contributed by atoms with van der Waals surface area (Å²) in [6, 6.07) is 5.40. The van der Waals surface area contributed by atoms with Crippen molar-refractivity contribution in [2.75, 3.05) is 55.6 Å². The summed E-state index contributed by atoms with van der Waals surface area (Å²) in [5.41, 5.74) is 0.346. The van der Waals surface area contributed by atoms with Gasteiger partial charge in [-0.2, -0.15) is 0 Å². The summed E-state index contributed by atoms with van der Waals surface area (Å²) in [6.45, 7) is 9.51. The molecule has 1 aromatic rings. The fourth-order valence-corrected chi connectivity index (χ4v) is 6.75. The minimum absolute atomic E-state index is 0.0325. The number of imide groups is 1. The molecule has 4 fully saturated rings. The molecule has 1 aliphatic carbocycles. The van der Waals surface area contributed by atoms with E-state index in [2.05, 4.69) is 21.2 Å². The maximum atomic E-state index is 15.8. The largest absolute Gasteiger partial charge is 0.444 e. The molecule has 0 aromatic heterocycles. The van der Waals surface area contributed by atoms with Gasteiger partial charge in [0.05, 0.1) is 5.41 Å². The molecule has 4 heterocycles. The van der Waals surface area contributed by atoms with E-state index >= 15 is 4.39 Å². The minimum Gasteiger partial charge on any atom is -0.444 e. The first-order valence-electron chi connectivity index (χ1n) is 14.8. The number of hydrogen-bond acceptors (Lipinski definition) is 7. The molecule has 4 amide bonds. The molecule has 1 saturated carbocycles. The van der Waals surface area contributed by atoms with Crippen LogP contribution >= 0.6 is 0 Å². The Kier molecular flexibility index (Phi) is 6.79. The molecule has 1 N–H and O–H groups in total. The third kappa shape index (κ3) is 5.29. The number of amides is 4. The topological polar surface area (TPSA) is 102 Å². The van der Waals surface area contributed by atoms with E-state index in [9.17, 15) is 19.2 Å². The SMILES string of the molecule is CC(C)(C)OC(=O)N1CCC(F)(CN2CCN(c3ccc4c(c3)C3(CC3)C(=O)N4C3CCC(=O)NC3=O)CC2)CC1. The molecule has 11 heteroatoms. The van der Waals surface area contributed by atoms with Crippen LogP contribution in [0.5, 0.6) is 0 Å². The van der Waals surface area contributed by atoms with Gasteiger partial charge in [0.15, 0.2) is 0 Å². The summed E-state index contributed by atoms with van der Waals surface area (Å²) in [5.74, 6) is -0.729. The molecule has 4 aliphatic heterocycles. The van der Waals surface area contributed by atoms with Crippen LogP contribution in [0, 0.1) is 0 Å². The van der Waals surface area contributed by atoms with E-state index in [1.807, 2.05) is 32.9 Å². The van der Waals surface area contributed by atoms with Gasteiger partial charge in [0.1, 0.15) is 17.3 Å². The molecule has 5 aliphatic rings. The van der Waals surface area contributed by atoms with Crippen molar-refractivity contribution in [3.05, 3.63) is 23.8 Å². The predicted molar refractivity (Wildman–Crippen MR) is 151 cm³/mol. The second-order valence-electron chi connectivity index (χ2n) is 13.3. The highest BCUT2D eigenvalue weighted by Crippen LogP contribution is 2.58. The quantitative estimate of drug-likeness (QED) is 0.557. The average Bonchev–Trinajstić information content (AvgIpc) is 3.68. The zero-order chi connectivity index (χ0) is 29.2. The van der Waals surface area contributed by atoms with E-state index in [1.54, 1.807) is 9.80 Å². The zero-order valence-corrected chi connectivity index (χ0v) is 24.2. The van der Waals surface area contributed by atoms with Crippen LogP contribution in [0.4, 0.5) is 20.6 Å². The molecule has 41 heavy (non-hydrogen) atoms. The number of likely N-dealkylation sites (tertiary alicyclic amines) is 1. The number of piperidine rings is 2. The molecule has 3 saturated heterocycles. The van der Waals surface area contributed by atoms with Gasteiger partial charge in [0, 0.05) is 76.5 Å². The van der Waals surface area contributed by atoms with Gasteiger partial charge in [0.2, 0.25) is 17.7 Å². The third-order valence-electron chi connectivity index (χ3n) is 9.21. The first-order chi connectivity index (χ1) is 19.4. The van der Waals surface area contributed by atoms with Crippen molar-refractivity contribution in [1.29, 1.82) is 0 Å². The van der Waals surface area contributed by atoms with Gasteiger partial charge < -0.3 is 14.5 Å². The van der Waals surface area contributed by atoms with Gasteiger partial charge in [-0.1, -0.05) is 0 Å². The Hall–Kier alpha value is -3.21. The highest BCUT2D eigenvalue weighted by atomic mass is 19.1. The standard InChI is InChI=1S/C30H40FN5O5/c1-28(2,3)41-27(40)35-12-10-29(31,11-13-35)19-33-14-16-34(17-15-33)20-4-5-22-21(18-20)30(8-9-30)26(39)36(22)23-6-7-24(37)32-25(23)38/h4-5,18,23H,6-17,19H2,1-3H3,(H,32,37,38). The number of ether oxygens (including phenoxy) is 1. The number of rotatable bonds is 4. The summed E-state index contributed by atoms with van der Waals surface area (Å²) in [5, 5.41) is 2.39. The number of carbonyl (C=O) groups is 4. The van der Waals surface area contributed by atoms with Crippen LogP contribution in [-0.2, 0) is 24.5 Å². The summed E-state index contributed by atoms with van der Waals surface area (Å²) < 4.78 is 21.2. The number of hydrogen-bond donors (Lipinski definition) is 1. The molecule has 6 rings (SSSR count). The molecule has 1 aromatic carbocycles. The third-order valence-corrected chi connectivity index (χ3v) is 9.21. The van der Waals surface area contributed by atoms with E-state index in [0.29, 0.717) is 38.9 Å². The lowest BCUT2D eigenvalue weighted by molar-refractivity contribution is -0.135. The smallest absolute Gasteiger partial charge is 0.410 e. The Morgan fingerprint density at radius 2 is 1.71 bits per heavy atom. The first-order valence-corrected chi connectivity index (χ1v) is 14.8. The highest BCUT2D eigenvalue weighted by molar-refractivity contribution is 6.15. The molecule has 0 bridgehead atoms. The molecule has 10 nitrogen and oxygen atoms in total. The van der Waals surface area contributed by atoms with Crippen LogP contribution in [0.25, 0.3) is 0 Å². The maximum Gasteiger partial charge on any atom is 0.410 e. The Balaban J connectivity index is 1.07. The number of piperazine rings is 1. The number of carbonyl (C=O) groups excluding carboxylic acids is 4. The van der Waals surface area contributed by atoms with Gasteiger partial charge in [-0.05, 0) is 63.8 Å². The number of alkyl halides is 1. The normalized spacial score (nSPS) is 25.8. The van der Waals surface area contributed by atoms with Gasteiger partial charge >= 0.3 is 6.09 Å². The molecule has 1 spiro atoms. The Morgan fingerprint density at radius 1 is 1.02 bits per heavy atom. The fraction of sp³-hybridized carbons (Fsp3) is 0.667. The van der Waals surface area contributed by atoms with E-state index in [-0.39, 0.29) is 24.3 Å². The number of halogens is 1. The van der Waals surface area contributed by atoms with Gasteiger partial charge in [0.25, 0.3) is 0 Å². The van der Waals surface area contributed by atoms with E-state index in [0.717, 1.165) is 56.0 Å². The van der Waals surface area contributed by atoms with Crippen LogP contribution in [0.3, 0.4) is 0 Å². The summed E-state index contributed by atoms with van der Waals surface area (Å²) >= 11 is 0. The monoisotopic (exact) mass is 569 g/mol. The fourth-order valence-electron chi connectivity index (χ4n) is 6.75. The van der Waals surface area contributed by atoms with Crippen molar-refractivity contribution in [2.24, 2.45) is 0 Å². The van der Waals surface area contributed by atoms with Crippen molar-refractivity contribution in [1.82, 2.24) is 15.1 Å². The van der Waals surface area contributed by atoms with Crippen molar-refractivity contribution in [3.8, 4) is 0 Å². The van der Waals surface area contributed by atoms with Crippen molar-refractivity contribution in [3.63, 3.8) is 0 Å². The van der Waals surface area contributed by atoms with Gasteiger partial charge in [-0.25, -0.2) is 9.18 Å². The lowest BCUT2D eigenvalue weighted by Crippen LogP contribution is -2.54. The van der Waals surface area contributed by atoms with E-state index in [4.69, 9.17) is 4.74 Å². The summed E-state index contributed by atoms with van der Waals surface area (Å²) in [7, 11) is 0. The average molecular weight is 570 g/mol. The van der Waals surface area contributed by atoms with E-state index in [1.165, 1.54) is 0 Å². The van der Waals surface area contributed by atoms with Gasteiger partial charge in [-0.3, -0.25) is 29.5 Å². The first kappa shape index (κ1) is 27.9. The van der Waals surface area contributed by atoms with Crippen molar-refractivity contribution < 1.29 is 28.3 Å². The van der Waals surface area contributed by atoms with E-state index < -0.39 is 28.6 Å². The Labute approximate surface area is 240 Å². The molecule has 1 atom stereocenters. The molecule has 1 unspecified atom stereocenters. The van der Waals surface area contributed by atoms with Crippen molar-refractivity contribution in [2.45, 2.75) is 82.0 Å². The lowest BCUT2D eigenvalue weighted by atomic mass is 9.92. The number of benzene rings is 1. The number of fused-ring (bicyclic) bond motifs is 2.